The molecule has 3 heterocycles. The maximum Gasteiger partial charge on any atom is 0.228 e. The summed E-state index contributed by atoms with van der Waals surface area (Å²) in [5.41, 5.74) is 2.13. The quantitative estimate of drug-likeness (QED) is 0.727. The van der Waals surface area contributed by atoms with Crippen molar-refractivity contribution in [3.05, 3.63) is 30.1 Å². The normalized spacial score (nSPS) is 22.3. The third kappa shape index (κ3) is 3.96. The number of aromatic nitrogens is 2. The largest absolute Gasteiger partial charge is 0.342 e. The molecule has 6 nitrogen and oxygen atoms in total. The van der Waals surface area contributed by atoms with E-state index in [0.717, 1.165) is 49.3 Å². The molecule has 2 aromatic rings. The maximum atomic E-state index is 13.5. The van der Waals surface area contributed by atoms with Gasteiger partial charge in [-0.05, 0) is 36.8 Å². The second kappa shape index (κ2) is 8.40. The Labute approximate surface area is 179 Å². The van der Waals surface area contributed by atoms with Crippen LogP contribution in [0.5, 0.6) is 0 Å². The van der Waals surface area contributed by atoms with Crippen LogP contribution in [0.2, 0.25) is 0 Å². The fourth-order valence-electron chi connectivity index (χ4n) is 4.99. The van der Waals surface area contributed by atoms with Gasteiger partial charge in [-0.3, -0.25) is 9.59 Å². The zero-order valence-corrected chi connectivity index (χ0v) is 18.7. The summed E-state index contributed by atoms with van der Waals surface area (Å²) in [6.07, 6.45) is 2.26. The summed E-state index contributed by atoms with van der Waals surface area (Å²) in [6.45, 7) is 11.6. The Hall–Kier alpha value is -2.37. The molecule has 2 aliphatic heterocycles. The van der Waals surface area contributed by atoms with E-state index >= 15 is 0 Å². The summed E-state index contributed by atoms with van der Waals surface area (Å²) in [5.74, 6) is 1.92. The molecule has 30 heavy (non-hydrogen) atoms. The zero-order valence-electron chi connectivity index (χ0n) is 18.7. The van der Waals surface area contributed by atoms with Gasteiger partial charge in [-0.15, -0.1) is 0 Å². The fourth-order valence-corrected chi connectivity index (χ4v) is 4.99. The summed E-state index contributed by atoms with van der Waals surface area (Å²) < 4.78 is 2.31. The number of para-hydroxylation sites is 2. The van der Waals surface area contributed by atoms with Gasteiger partial charge in [0.2, 0.25) is 11.8 Å². The van der Waals surface area contributed by atoms with Crippen LogP contribution in [0.4, 0.5) is 0 Å². The van der Waals surface area contributed by atoms with Gasteiger partial charge in [-0.2, -0.15) is 0 Å². The first-order chi connectivity index (χ1) is 14.3. The monoisotopic (exact) mass is 410 g/mol. The van der Waals surface area contributed by atoms with Crippen molar-refractivity contribution < 1.29 is 9.59 Å². The van der Waals surface area contributed by atoms with Gasteiger partial charge >= 0.3 is 0 Å². The van der Waals surface area contributed by atoms with Crippen molar-refractivity contribution >= 4 is 22.8 Å². The molecular formula is C24H34N4O2. The van der Waals surface area contributed by atoms with Crippen molar-refractivity contribution in [1.82, 2.24) is 19.4 Å². The molecule has 0 N–H and O–H groups in total. The molecule has 0 aliphatic carbocycles. The molecule has 162 valence electrons. The Morgan fingerprint density at radius 3 is 2.60 bits per heavy atom. The van der Waals surface area contributed by atoms with Crippen LogP contribution in [0.25, 0.3) is 11.0 Å². The van der Waals surface area contributed by atoms with Gasteiger partial charge in [0.15, 0.2) is 0 Å². The van der Waals surface area contributed by atoms with E-state index in [1.54, 1.807) is 0 Å². The first-order valence-corrected chi connectivity index (χ1v) is 11.4. The molecule has 2 amide bonds. The Morgan fingerprint density at radius 1 is 1.13 bits per heavy atom. The summed E-state index contributed by atoms with van der Waals surface area (Å²) in [6, 6.07) is 8.24. The SMILES string of the molecule is CC(C)CN1C[C@H](C(=O)N2CCC[C@@H]2c2nc3ccccc3n2CC(C)C)CC1=O. The molecule has 2 saturated heterocycles. The first kappa shape index (κ1) is 20.9. The second-order valence-corrected chi connectivity index (χ2v) is 9.75. The van der Waals surface area contributed by atoms with Crippen LogP contribution in [0.1, 0.15) is 58.8 Å². The third-order valence-corrected chi connectivity index (χ3v) is 6.21. The number of carbonyl (C=O) groups is 2. The predicted molar refractivity (Wildman–Crippen MR) is 118 cm³/mol. The summed E-state index contributed by atoms with van der Waals surface area (Å²) in [4.78, 5) is 34.7. The van der Waals surface area contributed by atoms with Crippen molar-refractivity contribution in [2.75, 3.05) is 19.6 Å². The topological polar surface area (TPSA) is 58.4 Å². The Balaban J connectivity index is 1.60. The van der Waals surface area contributed by atoms with Crippen LogP contribution >= 0.6 is 0 Å². The van der Waals surface area contributed by atoms with Gasteiger partial charge < -0.3 is 14.4 Å². The third-order valence-electron chi connectivity index (χ3n) is 6.21. The lowest BCUT2D eigenvalue weighted by atomic mass is 10.1. The molecule has 2 aliphatic rings. The molecule has 2 atom stereocenters. The number of imidazole rings is 1. The lowest BCUT2D eigenvalue weighted by Gasteiger charge is -2.28. The van der Waals surface area contributed by atoms with Gasteiger partial charge in [0.25, 0.3) is 0 Å². The van der Waals surface area contributed by atoms with Crippen LogP contribution in [-0.2, 0) is 16.1 Å². The van der Waals surface area contributed by atoms with E-state index in [2.05, 4.69) is 50.5 Å². The van der Waals surface area contributed by atoms with E-state index in [1.807, 2.05) is 15.9 Å². The van der Waals surface area contributed by atoms with Crippen molar-refractivity contribution in [3.63, 3.8) is 0 Å². The summed E-state index contributed by atoms with van der Waals surface area (Å²) in [5, 5.41) is 0. The number of likely N-dealkylation sites (tertiary alicyclic amines) is 2. The molecular weight excluding hydrogens is 376 g/mol. The lowest BCUT2D eigenvalue weighted by Crippen LogP contribution is -2.38. The van der Waals surface area contributed by atoms with Crippen LogP contribution in [0.3, 0.4) is 0 Å². The minimum Gasteiger partial charge on any atom is -0.342 e. The minimum absolute atomic E-state index is 0.00194. The number of benzene rings is 1. The molecule has 0 spiro atoms. The zero-order chi connectivity index (χ0) is 21.4. The van der Waals surface area contributed by atoms with Crippen molar-refractivity contribution in [1.29, 1.82) is 0 Å². The standard InChI is InChI=1S/C24H34N4O2/c1-16(2)13-26-15-18(12-22(26)29)24(30)27-11-7-10-21(27)23-25-19-8-5-6-9-20(19)28(23)14-17(3)4/h5-6,8-9,16-18,21H,7,10-15H2,1-4H3/t18-,21-/m1/s1. The second-order valence-electron chi connectivity index (χ2n) is 9.75. The van der Waals surface area contributed by atoms with Crippen LogP contribution in [-0.4, -0.2) is 50.8 Å². The van der Waals surface area contributed by atoms with E-state index in [1.165, 1.54) is 0 Å². The molecule has 2 fully saturated rings. The van der Waals surface area contributed by atoms with E-state index < -0.39 is 0 Å². The lowest BCUT2D eigenvalue weighted by molar-refractivity contribution is -0.137. The molecule has 0 saturated carbocycles. The Kier molecular flexibility index (Phi) is 5.85. The minimum atomic E-state index is -0.222. The van der Waals surface area contributed by atoms with Gasteiger partial charge in [-0.1, -0.05) is 39.8 Å². The molecule has 0 radical (unpaired) electrons. The average Bonchev–Trinajstić information content (AvgIpc) is 3.39. The van der Waals surface area contributed by atoms with Crippen LogP contribution in [0, 0.1) is 17.8 Å². The number of nitrogens with zero attached hydrogens (tertiary/aromatic N) is 4. The highest BCUT2D eigenvalue weighted by atomic mass is 16.2. The number of hydrogen-bond donors (Lipinski definition) is 0. The first-order valence-electron chi connectivity index (χ1n) is 11.4. The molecule has 0 unspecified atom stereocenters. The van der Waals surface area contributed by atoms with Gasteiger partial charge in [-0.25, -0.2) is 4.98 Å². The maximum absolute atomic E-state index is 13.5. The Bertz CT molecular complexity index is 932. The van der Waals surface area contributed by atoms with E-state index in [-0.39, 0.29) is 23.8 Å². The highest BCUT2D eigenvalue weighted by molar-refractivity contribution is 5.89. The fraction of sp³-hybridized carbons (Fsp3) is 0.625. The van der Waals surface area contributed by atoms with Crippen molar-refractivity contribution in [3.8, 4) is 0 Å². The van der Waals surface area contributed by atoms with Gasteiger partial charge in [0.1, 0.15) is 5.82 Å². The Morgan fingerprint density at radius 2 is 1.87 bits per heavy atom. The van der Waals surface area contributed by atoms with Gasteiger partial charge in [0, 0.05) is 32.6 Å². The highest BCUT2D eigenvalue weighted by Gasteiger charge is 2.41. The molecule has 6 heteroatoms. The predicted octanol–water partition coefficient (Wildman–Crippen LogP) is 3.86. The van der Waals surface area contributed by atoms with Crippen LogP contribution in [0.15, 0.2) is 24.3 Å². The molecule has 1 aromatic carbocycles. The summed E-state index contributed by atoms with van der Waals surface area (Å²) >= 11 is 0. The van der Waals surface area contributed by atoms with Gasteiger partial charge in [0.05, 0.1) is 23.0 Å². The smallest absolute Gasteiger partial charge is 0.228 e. The average molecular weight is 411 g/mol. The number of carbonyl (C=O) groups excluding carboxylic acids is 2. The van der Waals surface area contributed by atoms with E-state index in [9.17, 15) is 9.59 Å². The number of amides is 2. The van der Waals surface area contributed by atoms with E-state index in [4.69, 9.17) is 4.98 Å². The molecule has 4 rings (SSSR count). The van der Waals surface area contributed by atoms with Crippen LogP contribution < -0.4 is 0 Å². The van der Waals surface area contributed by atoms with E-state index in [0.29, 0.717) is 24.8 Å². The molecule has 1 aromatic heterocycles. The number of rotatable bonds is 6. The summed E-state index contributed by atoms with van der Waals surface area (Å²) in [7, 11) is 0. The number of fused-ring (bicyclic) bond motifs is 1. The number of hydrogen-bond acceptors (Lipinski definition) is 3. The van der Waals surface area contributed by atoms with Crippen molar-refractivity contribution in [2.24, 2.45) is 17.8 Å². The van der Waals surface area contributed by atoms with Crippen molar-refractivity contribution in [2.45, 2.75) is 59.5 Å². The molecule has 0 bridgehead atoms. The highest BCUT2D eigenvalue weighted by Crippen LogP contribution is 2.36.